The number of thiophene rings is 1. The van der Waals surface area contributed by atoms with Crippen LogP contribution in [0, 0.1) is 0 Å². The van der Waals surface area contributed by atoms with Gasteiger partial charge in [-0.3, -0.25) is 4.79 Å². The lowest BCUT2D eigenvalue weighted by molar-refractivity contribution is -0.160. The van der Waals surface area contributed by atoms with Crippen LogP contribution in [0.3, 0.4) is 0 Å². The molecule has 0 unspecified atom stereocenters. The Hall–Kier alpha value is -1.36. The van der Waals surface area contributed by atoms with E-state index in [4.69, 9.17) is 0 Å². The van der Waals surface area contributed by atoms with Gasteiger partial charge in [-0.25, -0.2) is 4.79 Å². The van der Waals surface area contributed by atoms with E-state index in [1.807, 2.05) is 16.8 Å². The fraction of sp³-hybridized carbons (Fsp3) is 0.600. The zero-order valence-corrected chi connectivity index (χ0v) is 12.6. The van der Waals surface area contributed by atoms with Crippen molar-refractivity contribution >= 4 is 23.2 Å². The van der Waals surface area contributed by atoms with Crippen LogP contribution in [0.4, 0.5) is 0 Å². The predicted octanol–water partition coefficient (Wildman–Crippen LogP) is 2.93. The molecule has 1 aromatic rings. The van der Waals surface area contributed by atoms with E-state index in [9.17, 15) is 14.7 Å². The molecule has 5 heteroatoms. The fourth-order valence-corrected chi connectivity index (χ4v) is 3.63. The molecule has 0 spiro atoms. The third-order valence-electron chi connectivity index (χ3n) is 4.30. The van der Waals surface area contributed by atoms with Gasteiger partial charge in [0.1, 0.15) is 5.54 Å². The summed E-state index contributed by atoms with van der Waals surface area (Å²) in [5.41, 5.74) is 0.161. The van der Waals surface area contributed by atoms with Crippen molar-refractivity contribution in [2.24, 2.45) is 0 Å². The Bertz CT molecular complexity index is 463. The lowest BCUT2D eigenvalue weighted by atomic mass is 9.80. The quantitative estimate of drug-likeness (QED) is 0.908. The van der Waals surface area contributed by atoms with Gasteiger partial charge < -0.3 is 10.0 Å². The number of aliphatic carboxylic acids is 1. The number of aryl methyl sites for hydroxylation is 1. The predicted molar refractivity (Wildman–Crippen MR) is 78.9 cm³/mol. The smallest absolute Gasteiger partial charge is 0.329 e. The summed E-state index contributed by atoms with van der Waals surface area (Å²) in [5.74, 6) is -0.927. The third kappa shape index (κ3) is 3.03. The first-order valence-corrected chi connectivity index (χ1v) is 8.02. The van der Waals surface area contributed by atoms with Crippen LogP contribution in [0.1, 0.15) is 44.1 Å². The molecule has 0 aliphatic heterocycles. The summed E-state index contributed by atoms with van der Waals surface area (Å²) in [4.78, 5) is 25.5. The molecule has 1 fully saturated rings. The van der Waals surface area contributed by atoms with Gasteiger partial charge in [-0.05, 0) is 41.7 Å². The van der Waals surface area contributed by atoms with E-state index in [0.717, 1.165) is 24.8 Å². The summed E-state index contributed by atoms with van der Waals surface area (Å²) in [7, 11) is 1.65. The summed E-state index contributed by atoms with van der Waals surface area (Å²) in [6.07, 6.45) is 5.03. The van der Waals surface area contributed by atoms with Gasteiger partial charge >= 0.3 is 5.97 Å². The average Bonchev–Trinajstić information content (AvgIpc) is 2.97. The maximum Gasteiger partial charge on any atom is 0.329 e. The van der Waals surface area contributed by atoms with Crippen LogP contribution in [0.15, 0.2) is 16.8 Å². The molecule has 110 valence electrons. The Morgan fingerprint density at radius 1 is 1.35 bits per heavy atom. The molecule has 0 bridgehead atoms. The molecule has 20 heavy (non-hydrogen) atoms. The maximum atomic E-state index is 12.3. The van der Waals surface area contributed by atoms with Gasteiger partial charge in [-0.2, -0.15) is 11.3 Å². The van der Waals surface area contributed by atoms with Gasteiger partial charge in [0.2, 0.25) is 5.91 Å². The van der Waals surface area contributed by atoms with Crippen LogP contribution in [-0.4, -0.2) is 34.5 Å². The van der Waals surface area contributed by atoms with Crippen LogP contribution in [0.5, 0.6) is 0 Å². The van der Waals surface area contributed by atoms with Gasteiger partial charge in [0.15, 0.2) is 0 Å². The van der Waals surface area contributed by atoms with Crippen LogP contribution < -0.4 is 0 Å². The minimum atomic E-state index is -0.982. The number of carbonyl (C=O) groups excluding carboxylic acids is 1. The fourth-order valence-electron chi connectivity index (χ4n) is 2.92. The Morgan fingerprint density at radius 3 is 2.60 bits per heavy atom. The molecule has 1 N–H and O–H groups in total. The Labute approximate surface area is 123 Å². The summed E-state index contributed by atoms with van der Waals surface area (Å²) in [5, 5.41) is 13.6. The van der Waals surface area contributed by atoms with Crippen LogP contribution in [0.2, 0.25) is 0 Å². The molecule has 1 amide bonds. The van der Waals surface area contributed by atoms with Gasteiger partial charge in [-0.15, -0.1) is 0 Å². The highest BCUT2D eigenvalue weighted by Crippen LogP contribution is 2.33. The number of hydrogen-bond donors (Lipinski definition) is 1. The monoisotopic (exact) mass is 295 g/mol. The molecule has 1 aliphatic rings. The first-order chi connectivity index (χ1) is 9.56. The SMILES string of the molecule is CN(C(=O)CCc1ccsc1)C1(C(=O)O)CCCCC1. The molecular formula is C15H21NO3S. The van der Waals surface area contributed by atoms with Crippen LogP contribution >= 0.6 is 11.3 Å². The molecule has 0 radical (unpaired) electrons. The summed E-state index contributed by atoms with van der Waals surface area (Å²) in [6.45, 7) is 0. The first-order valence-electron chi connectivity index (χ1n) is 7.07. The normalized spacial score (nSPS) is 17.6. The van der Waals surface area contributed by atoms with Crippen LogP contribution in [0.25, 0.3) is 0 Å². The minimum Gasteiger partial charge on any atom is -0.479 e. The third-order valence-corrected chi connectivity index (χ3v) is 5.03. The van der Waals surface area contributed by atoms with E-state index in [0.29, 0.717) is 25.7 Å². The lowest BCUT2D eigenvalue weighted by Gasteiger charge is -2.41. The van der Waals surface area contributed by atoms with E-state index in [2.05, 4.69) is 0 Å². The highest BCUT2D eigenvalue weighted by molar-refractivity contribution is 7.07. The van der Waals surface area contributed by atoms with Crippen molar-refractivity contribution in [3.8, 4) is 0 Å². The molecule has 1 aliphatic carbocycles. The molecule has 2 rings (SSSR count). The van der Waals surface area contributed by atoms with Gasteiger partial charge in [-0.1, -0.05) is 19.3 Å². The number of nitrogens with zero attached hydrogens (tertiary/aromatic N) is 1. The molecule has 4 nitrogen and oxygen atoms in total. The van der Waals surface area contributed by atoms with E-state index >= 15 is 0 Å². The van der Waals surface area contributed by atoms with Crippen molar-refractivity contribution in [1.29, 1.82) is 0 Å². The number of carboxylic acid groups (broad SMARTS) is 1. The Kier molecular flexibility index (Phi) is 4.81. The van der Waals surface area contributed by atoms with Crippen molar-refractivity contribution in [3.63, 3.8) is 0 Å². The molecular weight excluding hydrogens is 274 g/mol. The van der Waals surface area contributed by atoms with Crippen molar-refractivity contribution in [2.75, 3.05) is 7.05 Å². The van der Waals surface area contributed by atoms with Gasteiger partial charge in [0.25, 0.3) is 0 Å². The second-order valence-electron chi connectivity index (χ2n) is 5.48. The summed E-state index contributed by atoms with van der Waals surface area (Å²) >= 11 is 1.61. The topological polar surface area (TPSA) is 57.6 Å². The number of hydrogen-bond acceptors (Lipinski definition) is 3. The van der Waals surface area contributed by atoms with E-state index in [1.54, 1.807) is 18.4 Å². The lowest BCUT2D eigenvalue weighted by Crippen LogP contribution is -2.56. The summed E-state index contributed by atoms with van der Waals surface area (Å²) in [6, 6.07) is 2.01. The Balaban J connectivity index is 2.01. The molecule has 0 atom stereocenters. The second kappa shape index (κ2) is 6.39. The van der Waals surface area contributed by atoms with Gasteiger partial charge in [0, 0.05) is 13.5 Å². The first kappa shape index (κ1) is 15.0. The molecule has 1 aromatic heterocycles. The van der Waals surface area contributed by atoms with Crippen LogP contribution in [-0.2, 0) is 16.0 Å². The summed E-state index contributed by atoms with van der Waals surface area (Å²) < 4.78 is 0. The van der Waals surface area contributed by atoms with Crippen molar-refractivity contribution in [2.45, 2.75) is 50.5 Å². The zero-order valence-electron chi connectivity index (χ0n) is 11.8. The Morgan fingerprint density at radius 2 is 2.05 bits per heavy atom. The number of likely N-dealkylation sites (N-methyl/N-ethyl adjacent to an activating group) is 1. The average molecular weight is 295 g/mol. The number of amides is 1. The van der Waals surface area contributed by atoms with E-state index < -0.39 is 11.5 Å². The minimum absolute atomic E-state index is 0.0690. The van der Waals surface area contributed by atoms with Crippen molar-refractivity contribution < 1.29 is 14.7 Å². The van der Waals surface area contributed by atoms with E-state index in [1.165, 1.54) is 4.90 Å². The number of rotatable bonds is 5. The molecule has 0 aromatic carbocycles. The molecule has 0 saturated heterocycles. The van der Waals surface area contributed by atoms with Crippen molar-refractivity contribution in [3.05, 3.63) is 22.4 Å². The van der Waals surface area contributed by atoms with Crippen molar-refractivity contribution in [1.82, 2.24) is 4.90 Å². The molecule has 1 heterocycles. The second-order valence-corrected chi connectivity index (χ2v) is 6.26. The zero-order chi connectivity index (χ0) is 14.6. The molecule has 1 saturated carbocycles. The largest absolute Gasteiger partial charge is 0.479 e. The van der Waals surface area contributed by atoms with Gasteiger partial charge in [0.05, 0.1) is 0 Å². The number of carbonyl (C=O) groups is 2. The standard InChI is InChI=1S/C15H21NO3S/c1-16(13(17)6-5-12-7-10-20-11-12)15(14(18)19)8-3-2-4-9-15/h7,10-11H,2-6,8-9H2,1H3,(H,18,19). The van der Waals surface area contributed by atoms with E-state index in [-0.39, 0.29) is 5.91 Å². The maximum absolute atomic E-state index is 12.3. The highest BCUT2D eigenvalue weighted by Gasteiger charge is 2.45. The number of carboxylic acids is 1. The highest BCUT2D eigenvalue weighted by atomic mass is 32.1.